The first-order valence-corrected chi connectivity index (χ1v) is 9.34. The fourth-order valence-corrected chi connectivity index (χ4v) is 3.19. The van der Waals surface area contributed by atoms with Crippen LogP contribution in [0.4, 0.5) is 0 Å². The van der Waals surface area contributed by atoms with E-state index in [1.54, 1.807) is 23.0 Å². The van der Waals surface area contributed by atoms with Crippen LogP contribution in [0.15, 0.2) is 73.1 Å². The van der Waals surface area contributed by atoms with Gasteiger partial charge in [-0.25, -0.2) is 4.68 Å². The SMILES string of the molecule is Cc1ccc(C(NC(=O)/C=C/c2cnn(-c3ccccc3)c2)C2CC2)cc1. The highest BCUT2D eigenvalue weighted by atomic mass is 16.1. The minimum Gasteiger partial charge on any atom is -0.345 e. The number of carbonyl (C=O) groups excluding carboxylic acids is 1. The zero-order valence-electron chi connectivity index (χ0n) is 15.4. The van der Waals surface area contributed by atoms with Crippen molar-refractivity contribution >= 4 is 12.0 Å². The minimum atomic E-state index is -0.0695. The lowest BCUT2D eigenvalue weighted by molar-refractivity contribution is -0.117. The van der Waals surface area contributed by atoms with Gasteiger partial charge in [0.1, 0.15) is 0 Å². The van der Waals surface area contributed by atoms with Crippen LogP contribution in [0.5, 0.6) is 0 Å². The number of nitrogens with one attached hydrogen (secondary N) is 1. The molecule has 27 heavy (non-hydrogen) atoms. The molecule has 1 N–H and O–H groups in total. The van der Waals surface area contributed by atoms with Gasteiger partial charge in [0.15, 0.2) is 0 Å². The molecule has 1 atom stereocenters. The van der Waals surface area contributed by atoms with E-state index >= 15 is 0 Å². The van der Waals surface area contributed by atoms with Gasteiger partial charge in [0.05, 0.1) is 17.9 Å². The fourth-order valence-electron chi connectivity index (χ4n) is 3.19. The second-order valence-electron chi connectivity index (χ2n) is 7.12. The Kier molecular flexibility index (Phi) is 4.88. The largest absolute Gasteiger partial charge is 0.345 e. The summed E-state index contributed by atoms with van der Waals surface area (Å²) in [6.45, 7) is 2.08. The molecule has 1 fully saturated rings. The first kappa shape index (κ1) is 17.3. The summed E-state index contributed by atoms with van der Waals surface area (Å²) in [5.41, 5.74) is 4.30. The van der Waals surface area contributed by atoms with Gasteiger partial charge in [-0.2, -0.15) is 5.10 Å². The van der Waals surface area contributed by atoms with Crippen molar-refractivity contribution in [3.05, 3.63) is 89.8 Å². The van der Waals surface area contributed by atoms with Gasteiger partial charge in [-0.1, -0.05) is 48.0 Å². The van der Waals surface area contributed by atoms with Crippen molar-refractivity contribution in [3.8, 4) is 5.69 Å². The molecule has 0 spiro atoms. The summed E-state index contributed by atoms with van der Waals surface area (Å²) in [6, 6.07) is 18.4. The quantitative estimate of drug-likeness (QED) is 0.662. The van der Waals surface area contributed by atoms with Gasteiger partial charge in [0.2, 0.25) is 5.91 Å². The Morgan fingerprint density at radius 2 is 1.89 bits per heavy atom. The lowest BCUT2D eigenvalue weighted by Crippen LogP contribution is -2.28. The number of para-hydroxylation sites is 1. The molecule has 0 bridgehead atoms. The third kappa shape index (κ3) is 4.34. The molecule has 4 rings (SSSR count). The normalized spacial score (nSPS) is 15.0. The maximum absolute atomic E-state index is 12.5. The summed E-state index contributed by atoms with van der Waals surface area (Å²) in [5, 5.41) is 7.52. The average molecular weight is 357 g/mol. The molecule has 0 radical (unpaired) electrons. The number of amides is 1. The van der Waals surface area contributed by atoms with Crippen molar-refractivity contribution in [2.75, 3.05) is 0 Å². The number of aryl methyl sites for hydroxylation is 1. The molecule has 1 aliphatic rings. The van der Waals surface area contributed by atoms with Crippen LogP contribution < -0.4 is 5.32 Å². The summed E-state index contributed by atoms with van der Waals surface area (Å²) >= 11 is 0. The van der Waals surface area contributed by atoms with E-state index in [9.17, 15) is 4.79 Å². The van der Waals surface area contributed by atoms with E-state index < -0.39 is 0 Å². The van der Waals surface area contributed by atoms with Gasteiger partial charge in [-0.05, 0) is 49.5 Å². The van der Waals surface area contributed by atoms with E-state index in [0.717, 1.165) is 11.3 Å². The maximum Gasteiger partial charge on any atom is 0.244 e. The Morgan fingerprint density at radius 1 is 1.15 bits per heavy atom. The fraction of sp³-hybridized carbons (Fsp3) is 0.217. The highest BCUT2D eigenvalue weighted by Gasteiger charge is 2.32. The van der Waals surface area contributed by atoms with Crippen LogP contribution in [0.25, 0.3) is 11.8 Å². The highest BCUT2D eigenvalue weighted by Crippen LogP contribution is 2.41. The minimum absolute atomic E-state index is 0.0695. The van der Waals surface area contributed by atoms with E-state index in [4.69, 9.17) is 0 Å². The Bertz CT molecular complexity index is 937. The van der Waals surface area contributed by atoms with Crippen molar-refractivity contribution in [1.82, 2.24) is 15.1 Å². The van der Waals surface area contributed by atoms with Gasteiger partial charge >= 0.3 is 0 Å². The van der Waals surface area contributed by atoms with Gasteiger partial charge in [-0.15, -0.1) is 0 Å². The molecule has 2 aromatic carbocycles. The van der Waals surface area contributed by atoms with E-state index in [-0.39, 0.29) is 11.9 Å². The van der Waals surface area contributed by atoms with E-state index in [2.05, 4.69) is 41.6 Å². The van der Waals surface area contributed by atoms with E-state index in [1.807, 2.05) is 36.5 Å². The van der Waals surface area contributed by atoms with Crippen molar-refractivity contribution < 1.29 is 4.79 Å². The number of hydrogen-bond acceptors (Lipinski definition) is 2. The zero-order chi connectivity index (χ0) is 18.6. The third-order valence-corrected chi connectivity index (χ3v) is 4.88. The average Bonchev–Trinajstić information content (AvgIpc) is 3.43. The number of rotatable bonds is 6. The standard InChI is InChI=1S/C23H23N3O/c1-17-7-10-19(11-8-17)23(20-12-13-20)25-22(27)14-9-18-15-24-26(16-18)21-5-3-2-4-6-21/h2-11,14-16,20,23H,12-13H2,1H3,(H,25,27)/b14-9+. The van der Waals surface area contributed by atoms with E-state index in [1.165, 1.54) is 24.0 Å². The molecule has 4 heteroatoms. The summed E-state index contributed by atoms with van der Waals surface area (Å²) in [7, 11) is 0. The Morgan fingerprint density at radius 3 is 2.59 bits per heavy atom. The molecule has 0 saturated heterocycles. The van der Waals surface area contributed by atoms with Crippen molar-refractivity contribution in [3.63, 3.8) is 0 Å². The molecule has 1 aromatic heterocycles. The summed E-state index contributed by atoms with van der Waals surface area (Å²) in [5.74, 6) is 0.478. The topological polar surface area (TPSA) is 46.9 Å². The Balaban J connectivity index is 1.42. The highest BCUT2D eigenvalue weighted by molar-refractivity contribution is 5.92. The lowest BCUT2D eigenvalue weighted by Gasteiger charge is -2.18. The van der Waals surface area contributed by atoms with Gasteiger partial charge < -0.3 is 5.32 Å². The number of nitrogens with zero attached hydrogens (tertiary/aromatic N) is 2. The number of benzene rings is 2. The van der Waals surface area contributed by atoms with Crippen molar-refractivity contribution in [2.45, 2.75) is 25.8 Å². The van der Waals surface area contributed by atoms with Gasteiger partial charge in [0, 0.05) is 17.8 Å². The number of carbonyl (C=O) groups is 1. The lowest BCUT2D eigenvalue weighted by atomic mass is 10.0. The van der Waals surface area contributed by atoms with Crippen LogP contribution in [0.2, 0.25) is 0 Å². The molecule has 136 valence electrons. The van der Waals surface area contributed by atoms with Crippen LogP contribution in [0.3, 0.4) is 0 Å². The Hall–Kier alpha value is -3.14. The predicted molar refractivity (Wildman–Crippen MR) is 107 cm³/mol. The third-order valence-electron chi connectivity index (χ3n) is 4.88. The van der Waals surface area contributed by atoms with Crippen LogP contribution in [0.1, 0.15) is 35.6 Å². The van der Waals surface area contributed by atoms with Gasteiger partial charge in [-0.3, -0.25) is 4.79 Å². The molecule has 1 amide bonds. The second kappa shape index (κ2) is 7.62. The van der Waals surface area contributed by atoms with Crippen LogP contribution in [0, 0.1) is 12.8 Å². The molecular formula is C23H23N3O. The molecule has 0 aliphatic heterocycles. The maximum atomic E-state index is 12.5. The summed E-state index contributed by atoms with van der Waals surface area (Å²) in [4.78, 5) is 12.5. The molecule has 1 saturated carbocycles. The first-order valence-electron chi connectivity index (χ1n) is 9.34. The summed E-state index contributed by atoms with van der Waals surface area (Å²) in [6.07, 6.45) is 9.42. The van der Waals surface area contributed by atoms with Crippen LogP contribution in [-0.2, 0) is 4.79 Å². The summed E-state index contributed by atoms with van der Waals surface area (Å²) < 4.78 is 1.80. The van der Waals surface area contributed by atoms with E-state index in [0.29, 0.717) is 5.92 Å². The smallest absolute Gasteiger partial charge is 0.244 e. The molecular weight excluding hydrogens is 334 g/mol. The number of aromatic nitrogens is 2. The first-order chi connectivity index (χ1) is 13.2. The number of hydrogen-bond donors (Lipinski definition) is 1. The zero-order valence-corrected chi connectivity index (χ0v) is 15.4. The van der Waals surface area contributed by atoms with Gasteiger partial charge in [0.25, 0.3) is 0 Å². The molecule has 1 heterocycles. The molecule has 1 aliphatic carbocycles. The molecule has 4 nitrogen and oxygen atoms in total. The monoisotopic (exact) mass is 357 g/mol. The Labute approximate surface area is 159 Å². The molecule has 3 aromatic rings. The van der Waals surface area contributed by atoms with Crippen molar-refractivity contribution in [2.24, 2.45) is 5.92 Å². The predicted octanol–water partition coefficient (Wildman–Crippen LogP) is 4.46. The van der Waals surface area contributed by atoms with Crippen molar-refractivity contribution in [1.29, 1.82) is 0 Å². The second-order valence-corrected chi connectivity index (χ2v) is 7.12. The molecule has 1 unspecified atom stereocenters. The van der Waals surface area contributed by atoms with Crippen LogP contribution in [-0.4, -0.2) is 15.7 Å². The van der Waals surface area contributed by atoms with Crippen LogP contribution >= 0.6 is 0 Å².